The van der Waals surface area contributed by atoms with Gasteiger partial charge in [0, 0.05) is 12.6 Å². The monoisotopic (exact) mass is 340 g/mol. The summed E-state index contributed by atoms with van der Waals surface area (Å²) in [6.07, 6.45) is 2.17. The molecule has 1 aromatic rings. The highest BCUT2D eigenvalue weighted by molar-refractivity contribution is 7.88. The van der Waals surface area contributed by atoms with Gasteiger partial charge in [0.2, 0.25) is 10.0 Å². The first-order valence-corrected chi connectivity index (χ1v) is 9.59. The van der Waals surface area contributed by atoms with E-state index >= 15 is 0 Å². The SMILES string of the molecule is CCCCNC(N)=NCc1ccc(CS(=O)(=O)NC(C)C)cc1. The van der Waals surface area contributed by atoms with Crippen molar-refractivity contribution >= 4 is 16.0 Å². The molecule has 7 heteroatoms. The Hall–Kier alpha value is -1.60. The van der Waals surface area contributed by atoms with Gasteiger partial charge in [-0.15, -0.1) is 0 Å². The lowest BCUT2D eigenvalue weighted by Crippen LogP contribution is -2.32. The van der Waals surface area contributed by atoms with Crippen LogP contribution in [0, 0.1) is 0 Å². The van der Waals surface area contributed by atoms with Crippen LogP contribution in [0.2, 0.25) is 0 Å². The average molecular weight is 340 g/mol. The van der Waals surface area contributed by atoms with E-state index in [2.05, 4.69) is 22.0 Å². The van der Waals surface area contributed by atoms with Crippen molar-refractivity contribution in [2.75, 3.05) is 6.54 Å². The van der Waals surface area contributed by atoms with E-state index in [9.17, 15) is 8.42 Å². The number of sulfonamides is 1. The number of nitrogens with zero attached hydrogens (tertiary/aromatic N) is 1. The molecule has 4 N–H and O–H groups in total. The summed E-state index contributed by atoms with van der Waals surface area (Å²) in [5.41, 5.74) is 7.51. The number of benzene rings is 1. The number of guanidine groups is 1. The number of nitrogens with one attached hydrogen (secondary N) is 2. The molecular formula is C16H28N4O2S. The fourth-order valence-corrected chi connectivity index (χ4v) is 3.42. The molecule has 0 saturated heterocycles. The quantitative estimate of drug-likeness (QED) is 0.362. The summed E-state index contributed by atoms with van der Waals surface area (Å²) < 4.78 is 26.3. The van der Waals surface area contributed by atoms with Crippen molar-refractivity contribution in [2.24, 2.45) is 10.7 Å². The molecule has 130 valence electrons. The number of aliphatic imine (C=N–C) groups is 1. The zero-order valence-corrected chi connectivity index (χ0v) is 15.0. The Bertz CT molecular complexity index is 595. The first kappa shape index (κ1) is 19.4. The minimum Gasteiger partial charge on any atom is -0.370 e. The summed E-state index contributed by atoms with van der Waals surface area (Å²) in [5, 5.41) is 3.05. The van der Waals surface area contributed by atoms with Crippen LogP contribution in [0.3, 0.4) is 0 Å². The lowest BCUT2D eigenvalue weighted by Gasteiger charge is -2.09. The summed E-state index contributed by atoms with van der Waals surface area (Å²) in [7, 11) is -3.29. The number of hydrogen-bond donors (Lipinski definition) is 3. The van der Waals surface area contributed by atoms with Gasteiger partial charge in [0.1, 0.15) is 0 Å². The first-order valence-electron chi connectivity index (χ1n) is 7.94. The number of hydrogen-bond acceptors (Lipinski definition) is 3. The van der Waals surface area contributed by atoms with Crippen molar-refractivity contribution in [1.29, 1.82) is 0 Å². The third kappa shape index (κ3) is 8.56. The van der Waals surface area contributed by atoms with Crippen LogP contribution < -0.4 is 15.8 Å². The molecule has 0 radical (unpaired) electrons. The Kier molecular flexibility index (Phi) is 8.05. The average Bonchev–Trinajstić information content (AvgIpc) is 2.45. The topological polar surface area (TPSA) is 96.6 Å². The lowest BCUT2D eigenvalue weighted by molar-refractivity contribution is 0.569. The molecule has 0 spiro atoms. The van der Waals surface area contributed by atoms with Crippen molar-refractivity contribution in [1.82, 2.24) is 10.0 Å². The van der Waals surface area contributed by atoms with Crippen LogP contribution in [0.15, 0.2) is 29.3 Å². The molecular weight excluding hydrogens is 312 g/mol. The van der Waals surface area contributed by atoms with Crippen LogP contribution in [0.1, 0.15) is 44.7 Å². The van der Waals surface area contributed by atoms with Crippen LogP contribution >= 0.6 is 0 Å². The van der Waals surface area contributed by atoms with E-state index in [1.54, 1.807) is 13.8 Å². The molecule has 6 nitrogen and oxygen atoms in total. The highest BCUT2D eigenvalue weighted by Crippen LogP contribution is 2.09. The van der Waals surface area contributed by atoms with E-state index in [4.69, 9.17) is 5.73 Å². The van der Waals surface area contributed by atoms with Crippen molar-refractivity contribution in [3.63, 3.8) is 0 Å². The van der Waals surface area contributed by atoms with Crippen molar-refractivity contribution in [2.45, 2.75) is 52.0 Å². The molecule has 0 atom stereocenters. The summed E-state index contributed by atoms with van der Waals surface area (Å²) >= 11 is 0. The second-order valence-electron chi connectivity index (χ2n) is 5.83. The predicted octanol–water partition coefficient (Wildman–Crippen LogP) is 1.72. The van der Waals surface area contributed by atoms with Gasteiger partial charge in [0.05, 0.1) is 12.3 Å². The van der Waals surface area contributed by atoms with Gasteiger partial charge in [-0.1, -0.05) is 37.6 Å². The molecule has 1 rings (SSSR count). The minimum atomic E-state index is -3.29. The molecule has 23 heavy (non-hydrogen) atoms. The summed E-state index contributed by atoms with van der Waals surface area (Å²) in [6, 6.07) is 7.28. The Balaban J connectivity index is 2.55. The van der Waals surface area contributed by atoms with Crippen molar-refractivity contribution < 1.29 is 8.42 Å². The molecule has 0 heterocycles. The molecule has 1 aromatic carbocycles. The smallest absolute Gasteiger partial charge is 0.216 e. The van der Waals surface area contributed by atoms with Crippen LogP contribution in [0.25, 0.3) is 0 Å². The second-order valence-corrected chi connectivity index (χ2v) is 7.58. The molecule has 0 fully saturated rings. The lowest BCUT2D eigenvalue weighted by atomic mass is 10.1. The van der Waals surface area contributed by atoms with Crippen LogP contribution in [-0.4, -0.2) is 27.0 Å². The normalized spacial score (nSPS) is 12.6. The van der Waals surface area contributed by atoms with E-state index in [0.717, 1.165) is 30.5 Å². The highest BCUT2D eigenvalue weighted by atomic mass is 32.2. The molecule has 0 unspecified atom stereocenters. The first-order chi connectivity index (χ1) is 10.8. The molecule has 0 bridgehead atoms. The van der Waals surface area contributed by atoms with Crippen molar-refractivity contribution in [3.8, 4) is 0 Å². The van der Waals surface area contributed by atoms with Gasteiger partial charge in [-0.3, -0.25) is 0 Å². The second kappa shape index (κ2) is 9.52. The summed E-state index contributed by atoms with van der Waals surface area (Å²) in [6.45, 7) is 7.02. The summed E-state index contributed by atoms with van der Waals surface area (Å²) in [4.78, 5) is 4.26. The van der Waals surface area contributed by atoms with Crippen LogP contribution in [0.5, 0.6) is 0 Å². The molecule has 0 aromatic heterocycles. The van der Waals surface area contributed by atoms with Gasteiger partial charge < -0.3 is 11.1 Å². The molecule has 0 saturated carbocycles. The zero-order valence-electron chi connectivity index (χ0n) is 14.2. The maximum absolute atomic E-state index is 11.9. The standard InChI is InChI=1S/C16H28N4O2S/c1-4-5-10-18-16(17)19-11-14-6-8-15(9-7-14)12-23(21,22)20-13(2)3/h6-9,13,20H,4-5,10-12H2,1-3H3,(H3,17,18,19). The van der Waals surface area contributed by atoms with Gasteiger partial charge >= 0.3 is 0 Å². The molecule has 0 aliphatic heterocycles. The number of nitrogens with two attached hydrogens (primary N) is 1. The fourth-order valence-electron chi connectivity index (χ4n) is 1.99. The maximum atomic E-state index is 11.9. The Labute approximate surface area is 139 Å². The van der Waals surface area contributed by atoms with Gasteiger partial charge in [-0.25, -0.2) is 18.1 Å². The Morgan fingerprint density at radius 2 is 1.83 bits per heavy atom. The van der Waals surface area contributed by atoms with Gasteiger partial charge in [-0.05, 0) is 31.4 Å². The maximum Gasteiger partial charge on any atom is 0.216 e. The fraction of sp³-hybridized carbons (Fsp3) is 0.562. The molecule has 0 aliphatic rings. The third-order valence-electron chi connectivity index (χ3n) is 3.06. The van der Waals surface area contributed by atoms with Crippen LogP contribution in [0.4, 0.5) is 0 Å². The Morgan fingerprint density at radius 1 is 1.22 bits per heavy atom. The molecule has 0 amide bonds. The van der Waals surface area contributed by atoms with Gasteiger partial charge in [-0.2, -0.15) is 0 Å². The zero-order chi connectivity index (χ0) is 17.3. The van der Waals surface area contributed by atoms with Crippen molar-refractivity contribution in [3.05, 3.63) is 35.4 Å². The van der Waals surface area contributed by atoms with Crippen LogP contribution in [-0.2, 0) is 22.3 Å². The highest BCUT2D eigenvalue weighted by Gasteiger charge is 2.12. The van der Waals surface area contributed by atoms with Gasteiger partial charge in [0.25, 0.3) is 0 Å². The number of unbranched alkanes of at least 4 members (excludes halogenated alkanes) is 1. The largest absolute Gasteiger partial charge is 0.370 e. The van der Waals surface area contributed by atoms with Gasteiger partial charge in [0.15, 0.2) is 5.96 Å². The predicted molar refractivity (Wildman–Crippen MR) is 95.6 cm³/mol. The van der Waals surface area contributed by atoms with E-state index in [-0.39, 0.29) is 11.8 Å². The van der Waals surface area contributed by atoms with E-state index in [1.807, 2.05) is 24.3 Å². The van der Waals surface area contributed by atoms with E-state index in [0.29, 0.717) is 12.5 Å². The van der Waals surface area contributed by atoms with E-state index in [1.165, 1.54) is 0 Å². The summed E-state index contributed by atoms with van der Waals surface area (Å²) in [5.74, 6) is 0.418. The number of rotatable bonds is 9. The van der Waals surface area contributed by atoms with E-state index < -0.39 is 10.0 Å². The third-order valence-corrected chi connectivity index (χ3v) is 4.61. The minimum absolute atomic E-state index is 0.0184. The Morgan fingerprint density at radius 3 is 2.39 bits per heavy atom. The molecule has 0 aliphatic carbocycles.